The van der Waals surface area contributed by atoms with Gasteiger partial charge in [-0.1, -0.05) is 170 Å². The van der Waals surface area contributed by atoms with E-state index in [4.69, 9.17) is 4.42 Å². The van der Waals surface area contributed by atoms with Gasteiger partial charge in [-0.3, -0.25) is 4.57 Å². The lowest BCUT2D eigenvalue weighted by Gasteiger charge is -2.26. The lowest BCUT2D eigenvalue weighted by atomic mass is 9.99. The maximum Gasteiger partial charge on any atom is 0.213 e. The first kappa shape index (κ1) is 38.1. The molecule has 0 spiro atoms. The molecule has 10 aromatic carbocycles. The Hall–Kier alpha value is -8.44. The largest absolute Gasteiger partial charge is 0.439 e. The standard InChI is InChI=1S/C62H40N2OS/c1-3-13-41(14-4-1)42-25-27-43(28-26-42)44-29-34-49(35-30-44)63(51-18-11-15-47(39-51)52-21-12-22-54-53-19-8-10-24-59(53)66-61(52)54)50-36-31-45(32-37-50)46-33-38-56-58(40-46)65-62-60(56)55-20-7-9-23-57(55)64(62)48-16-5-2-6-17-48/h1-40H. The first-order valence-electron chi connectivity index (χ1n) is 22.4. The second kappa shape index (κ2) is 15.7. The normalized spacial score (nSPS) is 11.6. The minimum Gasteiger partial charge on any atom is -0.439 e. The highest BCUT2D eigenvalue weighted by atomic mass is 32.1. The maximum atomic E-state index is 6.78. The van der Waals surface area contributed by atoms with Crippen LogP contribution in [-0.2, 0) is 0 Å². The topological polar surface area (TPSA) is 21.3 Å². The summed E-state index contributed by atoms with van der Waals surface area (Å²) in [5.74, 6) is 0. The molecule has 0 aliphatic heterocycles. The van der Waals surface area contributed by atoms with Crippen molar-refractivity contribution in [2.45, 2.75) is 0 Å². The van der Waals surface area contributed by atoms with Crippen LogP contribution in [0.4, 0.5) is 17.1 Å². The van der Waals surface area contributed by atoms with Crippen LogP contribution in [0.5, 0.6) is 0 Å². The van der Waals surface area contributed by atoms with E-state index >= 15 is 0 Å². The Morgan fingerprint density at radius 1 is 0.364 bits per heavy atom. The van der Waals surface area contributed by atoms with Gasteiger partial charge in [-0.05, 0) is 117 Å². The molecule has 4 heteroatoms. The molecule has 0 N–H and O–H groups in total. The summed E-state index contributed by atoms with van der Waals surface area (Å²) in [5.41, 5.74) is 16.7. The highest BCUT2D eigenvalue weighted by Crippen LogP contribution is 2.44. The van der Waals surface area contributed by atoms with E-state index < -0.39 is 0 Å². The molecular formula is C62H40N2OS. The Labute approximate surface area is 386 Å². The zero-order valence-electron chi connectivity index (χ0n) is 35.8. The number of hydrogen-bond acceptors (Lipinski definition) is 3. The van der Waals surface area contributed by atoms with E-state index in [-0.39, 0.29) is 0 Å². The molecule has 310 valence electrons. The number of nitrogens with zero attached hydrogens (tertiary/aromatic N) is 2. The summed E-state index contributed by atoms with van der Waals surface area (Å²) in [6.07, 6.45) is 0. The summed E-state index contributed by atoms with van der Waals surface area (Å²) in [5, 5.41) is 6.05. The van der Waals surface area contributed by atoms with Crippen LogP contribution >= 0.6 is 11.3 Å². The summed E-state index contributed by atoms with van der Waals surface area (Å²) in [6, 6.07) is 87.4. The minimum atomic E-state index is 0.863. The van der Waals surface area contributed by atoms with Crippen LogP contribution in [0.15, 0.2) is 247 Å². The Balaban J connectivity index is 0.889. The molecule has 3 nitrogen and oxygen atoms in total. The third-order valence-electron chi connectivity index (χ3n) is 13.0. The van der Waals surface area contributed by atoms with Crippen molar-refractivity contribution < 1.29 is 4.42 Å². The summed E-state index contributed by atoms with van der Waals surface area (Å²) >= 11 is 1.87. The van der Waals surface area contributed by atoms with Gasteiger partial charge in [0.05, 0.1) is 10.9 Å². The predicted octanol–water partition coefficient (Wildman–Crippen LogP) is 18.0. The summed E-state index contributed by atoms with van der Waals surface area (Å²) in [4.78, 5) is 2.37. The van der Waals surface area contributed by atoms with E-state index in [1.807, 2.05) is 11.3 Å². The molecule has 3 aromatic heterocycles. The first-order chi connectivity index (χ1) is 32.7. The molecule has 0 amide bonds. The molecule has 13 rings (SSSR count). The number of rotatable bonds is 8. The quantitative estimate of drug-likeness (QED) is 0.152. The number of furan rings is 1. The fourth-order valence-electron chi connectivity index (χ4n) is 9.83. The second-order valence-corrected chi connectivity index (χ2v) is 17.9. The Morgan fingerprint density at radius 3 is 1.64 bits per heavy atom. The van der Waals surface area contributed by atoms with E-state index in [2.05, 4.69) is 252 Å². The van der Waals surface area contributed by atoms with Crippen LogP contribution in [0, 0.1) is 0 Å². The molecule has 0 saturated heterocycles. The highest BCUT2D eigenvalue weighted by molar-refractivity contribution is 7.26. The van der Waals surface area contributed by atoms with Gasteiger partial charge < -0.3 is 9.32 Å². The second-order valence-electron chi connectivity index (χ2n) is 16.9. The van der Waals surface area contributed by atoms with Crippen LogP contribution in [0.1, 0.15) is 0 Å². The summed E-state index contributed by atoms with van der Waals surface area (Å²) < 4.78 is 11.6. The lowest BCUT2D eigenvalue weighted by Crippen LogP contribution is -2.10. The van der Waals surface area contributed by atoms with Gasteiger partial charge in [-0.2, -0.15) is 0 Å². The fourth-order valence-corrected chi connectivity index (χ4v) is 11.1. The molecule has 66 heavy (non-hydrogen) atoms. The van der Waals surface area contributed by atoms with Crippen LogP contribution in [-0.4, -0.2) is 4.57 Å². The average Bonchev–Trinajstić information content (AvgIpc) is 4.06. The van der Waals surface area contributed by atoms with Gasteiger partial charge in [0, 0.05) is 53.7 Å². The van der Waals surface area contributed by atoms with Crippen molar-refractivity contribution in [3.05, 3.63) is 243 Å². The fraction of sp³-hybridized carbons (Fsp3) is 0. The number of fused-ring (bicyclic) bond motifs is 8. The molecule has 0 unspecified atom stereocenters. The number of thiophene rings is 1. The van der Waals surface area contributed by atoms with Crippen molar-refractivity contribution in [1.82, 2.24) is 4.57 Å². The molecule has 0 saturated carbocycles. The Bertz CT molecular complexity index is 3900. The van der Waals surface area contributed by atoms with Crippen molar-refractivity contribution in [3.63, 3.8) is 0 Å². The number of hydrogen-bond donors (Lipinski definition) is 0. The van der Waals surface area contributed by atoms with Gasteiger partial charge in [0.2, 0.25) is 5.71 Å². The molecule has 0 fully saturated rings. The van der Waals surface area contributed by atoms with E-state index in [1.54, 1.807) is 0 Å². The van der Waals surface area contributed by atoms with Crippen molar-refractivity contribution in [2.24, 2.45) is 0 Å². The maximum absolute atomic E-state index is 6.78. The van der Waals surface area contributed by atoms with Gasteiger partial charge in [0.1, 0.15) is 5.58 Å². The molecule has 0 bridgehead atoms. The number of aromatic nitrogens is 1. The van der Waals surface area contributed by atoms with E-state index in [0.717, 1.165) is 61.5 Å². The SMILES string of the molecule is c1ccc(-c2ccc(-c3ccc(N(c4ccc(-c5ccc6c(c5)oc5c6c6ccccc6n5-c5ccccc5)cc4)c4cccc(-c5cccc6c5sc5ccccc56)c4)cc3)cc2)cc1. The summed E-state index contributed by atoms with van der Waals surface area (Å²) in [6.45, 7) is 0. The van der Waals surface area contributed by atoms with Gasteiger partial charge >= 0.3 is 0 Å². The van der Waals surface area contributed by atoms with Crippen LogP contribution in [0.2, 0.25) is 0 Å². The zero-order chi connectivity index (χ0) is 43.6. The minimum absolute atomic E-state index is 0.863. The van der Waals surface area contributed by atoms with Gasteiger partial charge in [-0.25, -0.2) is 0 Å². The number of para-hydroxylation sites is 2. The molecule has 0 aliphatic rings. The third-order valence-corrected chi connectivity index (χ3v) is 14.3. The van der Waals surface area contributed by atoms with Gasteiger partial charge in [-0.15, -0.1) is 11.3 Å². The van der Waals surface area contributed by atoms with Crippen LogP contribution in [0.3, 0.4) is 0 Å². The van der Waals surface area contributed by atoms with Gasteiger partial charge in [0.25, 0.3) is 0 Å². The molecular weight excluding hydrogens is 821 g/mol. The van der Waals surface area contributed by atoms with Crippen molar-refractivity contribution in [1.29, 1.82) is 0 Å². The first-order valence-corrected chi connectivity index (χ1v) is 23.2. The van der Waals surface area contributed by atoms with E-state index in [1.165, 1.54) is 58.9 Å². The van der Waals surface area contributed by atoms with E-state index in [9.17, 15) is 0 Å². The predicted molar refractivity (Wildman–Crippen MR) is 280 cm³/mol. The molecule has 13 aromatic rings. The zero-order valence-corrected chi connectivity index (χ0v) is 36.6. The van der Waals surface area contributed by atoms with E-state index in [0.29, 0.717) is 0 Å². The molecule has 3 heterocycles. The van der Waals surface area contributed by atoms with Crippen molar-refractivity contribution in [2.75, 3.05) is 4.90 Å². The number of anilines is 3. The number of benzene rings is 10. The van der Waals surface area contributed by atoms with Crippen molar-refractivity contribution >= 4 is 81.5 Å². The third kappa shape index (κ3) is 6.42. The Kier molecular flexibility index (Phi) is 9.03. The van der Waals surface area contributed by atoms with Crippen LogP contribution < -0.4 is 4.90 Å². The molecule has 0 aliphatic carbocycles. The van der Waals surface area contributed by atoms with Gasteiger partial charge in [0.15, 0.2) is 0 Å². The average molecular weight is 861 g/mol. The van der Waals surface area contributed by atoms with Crippen LogP contribution in [0.25, 0.3) is 103 Å². The van der Waals surface area contributed by atoms with Crippen molar-refractivity contribution in [3.8, 4) is 50.2 Å². The lowest BCUT2D eigenvalue weighted by molar-refractivity contribution is 0.645. The summed E-state index contributed by atoms with van der Waals surface area (Å²) in [7, 11) is 0. The smallest absolute Gasteiger partial charge is 0.213 e. The molecule has 0 atom stereocenters. The highest BCUT2D eigenvalue weighted by Gasteiger charge is 2.20. The molecule has 0 radical (unpaired) electrons. The monoisotopic (exact) mass is 860 g/mol. The Morgan fingerprint density at radius 2 is 0.909 bits per heavy atom.